The second-order valence-corrected chi connectivity index (χ2v) is 3.69. The van der Waals surface area contributed by atoms with E-state index in [1.165, 1.54) is 12.7 Å². The minimum Gasteiger partial charge on any atom is -0.323 e. The average molecular weight is 241 g/mol. The van der Waals surface area contributed by atoms with E-state index >= 15 is 0 Å². The molecule has 0 fully saturated rings. The molecule has 0 saturated carbocycles. The molecule has 0 aliphatic rings. The van der Waals surface area contributed by atoms with Crippen LogP contribution in [0.25, 0.3) is 11.0 Å². The third-order valence-electron chi connectivity index (χ3n) is 2.59. The molecule has 0 atom stereocenters. The maximum absolute atomic E-state index is 4.24. The molecule has 0 radical (unpaired) electrons. The van der Waals surface area contributed by atoms with Gasteiger partial charge in [-0.1, -0.05) is 6.92 Å². The summed E-state index contributed by atoms with van der Waals surface area (Å²) in [6.07, 6.45) is 5.50. The Balaban J connectivity index is 2.05. The number of hydrogen-bond acceptors (Lipinski definition) is 6. The van der Waals surface area contributed by atoms with Crippen LogP contribution in [-0.2, 0) is 6.42 Å². The number of hydrogen-bond donors (Lipinski definition) is 2. The third-order valence-corrected chi connectivity index (χ3v) is 2.59. The summed E-state index contributed by atoms with van der Waals surface area (Å²) < 4.78 is 0. The topological polar surface area (TPSA) is 92.3 Å². The fraction of sp³-hybridized carbons (Fsp3) is 0.182. The largest absolute Gasteiger partial charge is 0.323 e. The number of nitrogens with one attached hydrogen (secondary N) is 2. The Bertz CT molecular complexity index is 661. The van der Waals surface area contributed by atoms with Crippen LogP contribution in [0.3, 0.4) is 0 Å². The second kappa shape index (κ2) is 4.36. The zero-order valence-electron chi connectivity index (χ0n) is 9.75. The molecule has 0 aliphatic heterocycles. The lowest BCUT2D eigenvalue weighted by molar-refractivity contribution is 0.985. The van der Waals surface area contributed by atoms with Crippen LogP contribution in [0, 0.1) is 0 Å². The Labute approximate surface area is 103 Å². The lowest BCUT2D eigenvalue weighted by atomic mass is 10.3. The Hall–Kier alpha value is -2.57. The smallest absolute Gasteiger partial charge is 0.163 e. The van der Waals surface area contributed by atoms with Crippen molar-refractivity contribution in [2.24, 2.45) is 0 Å². The Kier molecular flexibility index (Phi) is 2.56. The van der Waals surface area contributed by atoms with Crippen LogP contribution in [-0.4, -0.2) is 30.1 Å². The van der Waals surface area contributed by atoms with Crippen molar-refractivity contribution in [3.05, 3.63) is 30.6 Å². The van der Waals surface area contributed by atoms with Crippen LogP contribution in [0.15, 0.2) is 24.9 Å². The molecule has 0 aliphatic carbocycles. The SMILES string of the molecule is CCc1[nH]nc2c(Nc3ccncn3)ncnc12. The van der Waals surface area contributed by atoms with Gasteiger partial charge in [-0.2, -0.15) is 5.10 Å². The summed E-state index contributed by atoms with van der Waals surface area (Å²) in [5, 5.41) is 10.3. The van der Waals surface area contributed by atoms with Crippen LogP contribution in [0.1, 0.15) is 12.6 Å². The monoisotopic (exact) mass is 241 g/mol. The van der Waals surface area contributed by atoms with Gasteiger partial charge in [0.15, 0.2) is 11.3 Å². The summed E-state index contributed by atoms with van der Waals surface area (Å²) in [7, 11) is 0. The molecular weight excluding hydrogens is 230 g/mol. The highest BCUT2D eigenvalue weighted by Crippen LogP contribution is 2.21. The van der Waals surface area contributed by atoms with Crippen molar-refractivity contribution in [3.63, 3.8) is 0 Å². The first-order valence-electron chi connectivity index (χ1n) is 5.59. The predicted octanol–water partition coefficient (Wildman–Crippen LogP) is 1.45. The van der Waals surface area contributed by atoms with E-state index in [4.69, 9.17) is 0 Å². The lowest BCUT2D eigenvalue weighted by Crippen LogP contribution is -1.97. The Morgan fingerprint density at radius 3 is 2.89 bits per heavy atom. The van der Waals surface area contributed by atoms with Gasteiger partial charge < -0.3 is 5.32 Å². The van der Waals surface area contributed by atoms with E-state index < -0.39 is 0 Å². The maximum atomic E-state index is 4.24. The van der Waals surface area contributed by atoms with Gasteiger partial charge in [-0.25, -0.2) is 19.9 Å². The average Bonchev–Trinajstić information content (AvgIpc) is 2.84. The Morgan fingerprint density at radius 1 is 1.17 bits per heavy atom. The molecule has 7 nitrogen and oxygen atoms in total. The highest BCUT2D eigenvalue weighted by Gasteiger charge is 2.10. The third kappa shape index (κ3) is 1.75. The molecule has 3 rings (SSSR count). The molecule has 0 aromatic carbocycles. The van der Waals surface area contributed by atoms with Crippen LogP contribution in [0.4, 0.5) is 11.6 Å². The van der Waals surface area contributed by atoms with Crippen LogP contribution >= 0.6 is 0 Å². The number of rotatable bonds is 3. The summed E-state index contributed by atoms with van der Waals surface area (Å²) in [4.78, 5) is 16.4. The zero-order valence-corrected chi connectivity index (χ0v) is 9.75. The minimum atomic E-state index is 0.634. The first kappa shape index (κ1) is 10.6. The predicted molar refractivity (Wildman–Crippen MR) is 66.4 cm³/mol. The fourth-order valence-electron chi connectivity index (χ4n) is 1.71. The Morgan fingerprint density at radius 2 is 2.11 bits per heavy atom. The summed E-state index contributed by atoms with van der Waals surface area (Å²) >= 11 is 0. The zero-order chi connectivity index (χ0) is 12.4. The number of fused-ring (bicyclic) bond motifs is 1. The van der Waals surface area contributed by atoms with E-state index in [9.17, 15) is 0 Å². The van der Waals surface area contributed by atoms with Gasteiger partial charge in [-0.3, -0.25) is 5.10 Å². The molecule has 0 unspecified atom stereocenters. The molecular formula is C11H11N7. The molecule has 2 N–H and O–H groups in total. The van der Waals surface area contributed by atoms with E-state index in [1.807, 2.05) is 6.92 Å². The van der Waals surface area contributed by atoms with Crippen molar-refractivity contribution in [1.29, 1.82) is 0 Å². The van der Waals surface area contributed by atoms with Crippen LogP contribution in [0.2, 0.25) is 0 Å². The molecule has 0 spiro atoms. The number of aromatic nitrogens is 6. The molecule has 3 heterocycles. The minimum absolute atomic E-state index is 0.634. The lowest BCUT2D eigenvalue weighted by Gasteiger charge is -2.03. The van der Waals surface area contributed by atoms with Gasteiger partial charge in [-0.15, -0.1) is 0 Å². The molecule has 7 heteroatoms. The summed E-state index contributed by atoms with van der Waals surface area (Å²) in [5.41, 5.74) is 2.55. The number of aromatic amines is 1. The molecule has 0 saturated heterocycles. The van der Waals surface area contributed by atoms with Gasteiger partial charge in [0, 0.05) is 6.20 Å². The maximum Gasteiger partial charge on any atom is 0.163 e. The van der Waals surface area contributed by atoms with Gasteiger partial charge in [0.05, 0.1) is 5.69 Å². The van der Waals surface area contributed by atoms with E-state index in [2.05, 4.69) is 35.5 Å². The summed E-state index contributed by atoms with van der Waals surface area (Å²) in [5.74, 6) is 1.31. The van der Waals surface area contributed by atoms with Gasteiger partial charge in [0.1, 0.15) is 24.0 Å². The number of nitrogens with zero attached hydrogens (tertiary/aromatic N) is 5. The van der Waals surface area contributed by atoms with Crippen molar-refractivity contribution in [3.8, 4) is 0 Å². The molecule has 3 aromatic rings. The molecule has 0 amide bonds. The standard InChI is InChI=1S/C11H11N7/c1-2-7-9-10(18-17-7)11(15-6-14-9)16-8-3-4-12-5-13-8/h3-6H,2H2,1H3,(H,17,18)(H,12,13,14,15,16). The second-order valence-electron chi connectivity index (χ2n) is 3.69. The molecule has 3 aromatic heterocycles. The normalized spacial score (nSPS) is 10.7. The summed E-state index contributed by atoms with van der Waals surface area (Å²) in [6, 6.07) is 1.77. The van der Waals surface area contributed by atoms with Gasteiger partial charge in [-0.05, 0) is 12.5 Å². The van der Waals surface area contributed by atoms with Gasteiger partial charge >= 0.3 is 0 Å². The van der Waals surface area contributed by atoms with E-state index in [0.29, 0.717) is 17.2 Å². The van der Waals surface area contributed by atoms with Crippen molar-refractivity contribution in [1.82, 2.24) is 30.1 Å². The van der Waals surface area contributed by atoms with E-state index in [0.717, 1.165) is 17.6 Å². The number of H-pyrrole nitrogens is 1. The van der Waals surface area contributed by atoms with E-state index in [1.54, 1.807) is 12.3 Å². The van der Waals surface area contributed by atoms with Crippen molar-refractivity contribution < 1.29 is 0 Å². The van der Waals surface area contributed by atoms with E-state index in [-0.39, 0.29) is 0 Å². The number of aryl methyl sites for hydroxylation is 1. The fourth-order valence-corrected chi connectivity index (χ4v) is 1.71. The number of anilines is 2. The van der Waals surface area contributed by atoms with Crippen molar-refractivity contribution in [2.45, 2.75) is 13.3 Å². The van der Waals surface area contributed by atoms with Gasteiger partial charge in [0.2, 0.25) is 0 Å². The quantitative estimate of drug-likeness (QED) is 0.721. The highest BCUT2D eigenvalue weighted by molar-refractivity contribution is 5.88. The van der Waals surface area contributed by atoms with Crippen molar-refractivity contribution in [2.75, 3.05) is 5.32 Å². The van der Waals surface area contributed by atoms with Gasteiger partial charge in [0.25, 0.3) is 0 Å². The van der Waals surface area contributed by atoms with Crippen LogP contribution in [0.5, 0.6) is 0 Å². The molecule has 0 bridgehead atoms. The van der Waals surface area contributed by atoms with Crippen LogP contribution < -0.4 is 5.32 Å². The summed E-state index contributed by atoms with van der Waals surface area (Å²) in [6.45, 7) is 2.05. The molecule has 90 valence electrons. The molecule has 18 heavy (non-hydrogen) atoms. The first-order chi connectivity index (χ1) is 8.88. The van der Waals surface area contributed by atoms with Crippen molar-refractivity contribution >= 4 is 22.7 Å². The first-order valence-corrected chi connectivity index (χ1v) is 5.59. The highest BCUT2D eigenvalue weighted by atomic mass is 15.2.